The van der Waals surface area contributed by atoms with E-state index in [4.69, 9.17) is 10.8 Å². The van der Waals surface area contributed by atoms with Crippen LogP contribution < -0.4 is 5.32 Å². The highest BCUT2D eigenvalue weighted by molar-refractivity contribution is 5.18. The highest BCUT2D eigenvalue weighted by Gasteiger charge is 2.15. The van der Waals surface area contributed by atoms with Crippen LogP contribution in [0.5, 0.6) is 0 Å². The zero-order valence-corrected chi connectivity index (χ0v) is 8.61. The molecule has 1 N–H and O–H groups in total. The topological polar surface area (TPSA) is 68.3 Å². The molecular formula is C10H12N2O3. The molecule has 0 aliphatic carbocycles. The number of hydrogen-bond donors (Lipinski definition) is 1. The largest absolute Gasteiger partial charge is 0.433 e. The first-order chi connectivity index (χ1) is 6.94. The molecule has 0 radical (unpaired) electrons. The molecule has 15 heavy (non-hydrogen) atoms. The molecule has 1 heterocycles. The van der Waals surface area contributed by atoms with Crippen molar-refractivity contribution >= 4 is 5.88 Å². The van der Waals surface area contributed by atoms with Gasteiger partial charge in [0.25, 0.3) is 0 Å². The molecule has 0 unspecified atom stereocenters. The molecule has 0 aliphatic heterocycles. The first-order valence-corrected chi connectivity index (χ1v) is 4.40. The van der Waals surface area contributed by atoms with Crippen LogP contribution in [0.4, 0.5) is 5.88 Å². The Morgan fingerprint density at radius 1 is 1.67 bits per heavy atom. The molecule has 0 spiro atoms. The zero-order chi connectivity index (χ0) is 11.5. The summed E-state index contributed by atoms with van der Waals surface area (Å²) in [6.45, 7) is 4.04. The Kier molecular flexibility index (Phi) is 3.12. The van der Waals surface area contributed by atoms with E-state index in [1.165, 1.54) is 6.07 Å². The lowest BCUT2D eigenvalue weighted by Gasteiger charge is -2.18. The summed E-state index contributed by atoms with van der Waals surface area (Å²) >= 11 is 0. The maximum absolute atomic E-state index is 10.3. The van der Waals surface area contributed by atoms with Crippen molar-refractivity contribution in [1.29, 1.82) is 0 Å². The van der Waals surface area contributed by atoms with Crippen molar-refractivity contribution in [2.75, 3.05) is 0 Å². The van der Waals surface area contributed by atoms with Gasteiger partial charge in [0.15, 0.2) is 0 Å². The van der Waals surface area contributed by atoms with E-state index < -0.39 is 10.5 Å². The molecule has 0 aliphatic rings. The molecule has 80 valence electrons. The highest BCUT2D eigenvalue weighted by atomic mass is 16.6. The van der Waals surface area contributed by atoms with Crippen LogP contribution in [0.1, 0.15) is 19.6 Å². The maximum atomic E-state index is 10.3. The van der Waals surface area contributed by atoms with Crippen molar-refractivity contribution in [3.05, 3.63) is 28.0 Å². The van der Waals surface area contributed by atoms with Gasteiger partial charge in [0.1, 0.15) is 10.7 Å². The standard InChI is InChI=1S/C10H12N2O3/c1-4-10(2,3)11-7-8-5-6-9(15-8)12(13)14/h1,5-6,11H,7H2,2-3H3. The molecule has 0 bridgehead atoms. The fourth-order valence-corrected chi connectivity index (χ4v) is 0.919. The van der Waals surface area contributed by atoms with Crippen LogP contribution in [0, 0.1) is 22.5 Å². The van der Waals surface area contributed by atoms with Crippen molar-refractivity contribution in [2.24, 2.45) is 0 Å². The Hall–Kier alpha value is -1.80. The van der Waals surface area contributed by atoms with Crippen LogP contribution in [-0.4, -0.2) is 10.5 Å². The fourth-order valence-electron chi connectivity index (χ4n) is 0.919. The van der Waals surface area contributed by atoms with E-state index in [9.17, 15) is 10.1 Å². The number of nitrogens with zero attached hydrogens (tertiary/aromatic N) is 1. The molecule has 1 aromatic heterocycles. The monoisotopic (exact) mass is 208 g/mol. The fraction of sp³-hybridized carbons (Fsp3) is 0.400. The second-order valence-electron chi connectivity index (χ2n) is 3.62. The minimum Gasteiger partial charge on any atom is -0.404 e. The molecule has 0 saturated heterocycles. The lowest BCUT2D eigenvalue weighted by Crippen LogP contribution is -2.36. The lowest BCUT2D eigenvalue weighted by molar-refractivity contribution is -0.402. The van der Waals surface area contributed by atoms with Crippen LogP contribution in [0.25, 0.3) is 0 Å². The van der Waals surface area contributed by atoms with Crippen molar-refractivity contribution in [2.45, 2.75) is 25.9 Å². The number of rotatable bonds is 4. The summed E-state index contributed by atoms with van der Waals surface area (Å²) in [6, 6.07) is 2.87. The summed E-state index contributed by atoms with van der Waals surface area (Å²) < 4.78 is 4.95. The maximum Gasteiger partial charge on any atom is 0.433 e. The predicted molar refractivity (Wildman–Crippen MR) is 55.1 cm³/mol. The molecule has 0 atom stereocenters. The molecule has 0 aromatic carbocycles. The Bertz CT molecular complexity index is 401. The quantitative estimate of drug-likeness (QED) is 0.464. The van der Waals surface area contributed by atoms with Gasteiger partial charge in [-0.25, -0.2) is 0 Å². The summed E-state index contributed by atoms with van der Waals surface area (Å²) in [7, 11) is 0. The van der Waals surface area contributed by atoms with E-state index in [1.807, 2.05) is 13.8 Å². The van der Waals surface area contributed by atoms with Gasteiger partial charge >= 0.3 is 5.88 Å². The van der Waals surface area contributed by atoms with Crippen LogP contribution in [0.3, 0.4) is 0 Å². The Morgan fingerprint density at radius 2 is 2.33 bits per heavy atom. The molecule has 1 aromatic rings. The van der Waals surface area contributed by atoms with Gasteiger partial charge in [-0.05, 0) is 19.9 Å². The highest BCUT2D eigenvalue weighted by Crippen LogP contribution is 2.15. The lowest BCUT2D eigenvalue weighted by atomic mass is 10.1. The van der Waals surface area contributed by atoms with Gasteiger partial charge in [-0.15, -0.1) is 6.42 Å². The first-order valence-electron chi connectivity index (χ1n) is 4.40. The molecule has 0 saturated carbocycles. The average Bonchev–Trinajstić information content (AvgIpc) is 2.63. The second kappa shape index (κ2) is 4.15. The summed E-state index contributed by atoms with van der Waals surface area (Å²) in [5.41, 5.74) is -0.457. The van der Waals surface area contributed by atoms with Crippen molar-refractivity contribution in [3.8, 4) is 12.3 Å². The molecule has 0 amide bonds. The summed E-state index contributed by atoms with van der Waals surface area (Å²) in [4.78, 5) is 9.76. The van der Waals surface area contributed by atoms with Gasteiger partial charge in [-0.1, -0.05) is 5.92 Å². The van der Waals surface area contributed by atoms with E-state index in [0.29, 0.717) is 12.3 Å². The van der Waals surface area contributed by atoms with E-state index in [0.717, 1.165) is 0 Å². The van der Waals surface area contributed by atoms with Gasteiger partial charge in [0.2, 0.25) is 0 Å². The molecule has 1 rings (SSSR count). The van der Waals surface area contributed by atoms with Crippen molar-refractivity contribution < 1.29 is 9.34 Å². The van der Waals surface area contributed by atoms with Crippen LogP contribution >= 0.6 is 0 Å². The Labute approximate surface area is 87.6 Å². The molecule has 5 nitrogen and oxygen atoms in total. The van der Waals surface area contributed by atoms with Crippen molar-refractivity contribution in [1.82, 2.24) is 5.32 Å². The van der Waals surface area contributed by atoms with E-state index in [2.05, 4.69) is 11.2 Å². The Balaban J connectivity index is 2.60. The second-order valence-corrected chi connectivity index (χ2v) is 3.62. The van der Waals surface area contributed by atoms with Crippen LogP contribution in [0.2, 0.25) is 0 Å². The first kappa shape index (κ1) is 11.3. The molecule has 5 heteroatoms. The number of terminal acetylenes is 1. The third-order valence-electron chi connectivity index (χ3n) is 1.89. The number of nitrogens with one attached hydrogen (secondary N) is 1. The van der Waals surface area contributed by atoms with Crippen LogP contribution in [-0.2, 0) is 6.54 Å². The SMILES string of the molecule is C#CC(C)(C)NCc1ccc([N+](=O)[O-])o1. The molecular weight excluding hydrogens is 196 g/mol. The normalized spacial score (nSPS) is 11.0. The van der Waals surface area contributed by atoms with E-state index >= 15 is 0 Å². The summed E-state index contributed by atoms with van der Waals surface area (Å²) in [6.07, 6.45) is 5.27. The third kappa shape index (κ3) is 3.11. The Morgan fingerprint density at radius 3 is 2.80 bits per heavy atom. The number of hydrogen-bond acceptors (Lipinski definition) is 4. The third-order valence-corrected chi connectivity index (χ3v) is 1.89. The van der Waals surface area contributed by atoms with Crippen molar-refractivity contribution in [3.63, 3.8) is 0 Å². The smallest absolute Gasteiger partial charge is 0.404 e. The zero-order valence-electron chi connectivity index (χ0n) is 8.61. The minimum absolute atomic E-state index is 0.259. The van der Waals surface area contributed by atoms with Gasteiger partial charge < -0.3 is 4.42 Å². The van der Waals surface area contributed by atoms with Gasteiger partial charge in [0.05, 0.1) is 18.2 Å². The van der Waals surface area contributed by atoms with E-state index in [1.54, 1.807) is 6.07 Å². The van der Waals surface area contributed by atoms with Gasteiger partial charge in [-0.2, -0.15) is 0 Å². The average molecular weight is 208 g/mol. The summed E-state index contributed by atoms with van der Waals surface area (Å²) in [5.74, 6) is 2.79. The van der Waals surface area contributed by atoms with Gasteiger partial charge in [-0.3, -0.25) is 15.4 Å². The van der Waals surface area contributed by atoms with Gasteiger partial charge in [0, 0.05) is 0 Å². The summed E-state index contributed by atoms with van der Waals surface area (Å²) in [5, 5.41) is 13.4. The number of furan rings is 1. The van der Waals surface area contributed by atoms with E-state index in [-0.39, 0.29) is 5.88 Å². The molecule has 0 fully saturated rings. The number of nitro groups is 1. The van der Waals surface area contributed by atoms with Crippen LogP contribution in [0.15, 0.2) is 16.5 Å². The minimum atomic E-state index is -0.574. The predicted octanol–water partition coefficient (Wildman–Crippen LogP) is 1.69.